The van der Waals surface area contributed by atoms with Crippen LogP contribution in [-0.4, -0.2) is 43.5 Å². The van der Waals surface area contributed by atoms with E-state index < -0.39 is 0 Å². The monoisotopic (exact) mass is 397 g/mol. The van der Waals surface area contributed by atoms with Gasteiger partial charge < -0.3 is 15.4 Å². The molecule has 2 aromatic rings. The predicted octanol–water partition coefficient (Wildman–Crippen LogP) is 3.86. The molecule has 0 aliphatic carbocycles. The average molecular weight is 398 g/mol. The van der Waals surface area contributed by atoms with Gasteiger partial charge in [-0.25, -0.2) is 0 Å². The van der Waals surface area contributed by atoms with Gasteiger partial charge in [-0.15, -0.1) is 0 Å². The van der Waals surface area contributed by atoms with Crippen LogP contribution in [0.1, 0.15) is 31.4 Å². The molecule has 2 aromatic carbocycles. The van der Waals surface area contributed by atoms with Crippen molar-refractivity contribution in [2.75, 3.05) is 37.4 Å². The highest BCUT2D eigenvalue weighted by Crippen LogP contribution is 2.23. The van der Waals surface area contributed by atoms with E-state index in [9.17, 15) is 9.59 Å². The van der Waals surface area contributed by atoms with Crippen LogP contribution in [0.15, 0.2) is 42.5 Å². The minimum atomic E-state index is -0.180. The topological polar surface area (TPSA) is 70.7 Å². The van der Waals surface area contributed by atoms with Crippen LogP contribution in [0.25, 0.3) is 0 Å². The zero-order valence-electron chi connectivity index (χ0n) is 17.7. The maximum absolute atomic E-state index is 12.7. The second-order valence-electron chi connectivity index (χ2n) is 6.97. The molecule has 0 atom stereocenters. The summed E-state index contributed by atoms with van der Waals surface area (Å²) < 4.78 is 5.27. The molecule has 0 radical (unpaired) electrons. The van der Waals surface area contributed by atoms with Crippen LogP contribution in [0.3, 0.4) is 0 Å². The Hall–Kier alpha value is -2.86. The molecule has 2 N–H and O–H groups in total. The summed E-state index contributed by atoms with van der Waals surface area (Å²) in [5.74, 6) is 0.306. The Bertz CT molecular complexity index is 836. The minimum absolute atomic E-state index is 0.118. The van der Waals surface area contributed by atoms with Crippen molar-refractivity contribution in [3.05, 3.63) is 53.6 Å². The molecular weight excluding hydrogens is 366 g/mol. The number of hydrogen-bond donors (Lipinski definition) is 2. The van der Waals surface area contributed by atoms with Gasteiger partial charge in [0, 0.05) is 5.69 Å². The highest BCUT2D eigenvalue weighted by molar-refractivity contribution is 5.96. The van der Waals surface area contributed by atoms with Gasteiger partial charge in [-0.05, 0) is 49.6 Å². The van der Waals surface area contributed by atoms with E-state index in [0.29, 0.717) is 18.0 Å². The first-order valence-electron chi connectivity index (χ1n) is 10.0. The zero-order valence-corrected chi connectivity index (χ0v) is 17.7. The lowest BCUT2D eigenvalue weighted by atomic mass is 10.1. The van der Waals surface area contributed by atoms with Gasteiger partial charge >= 0.3 is 0 Å². The van der Waals surface area contributed by atoms with Crippen LogP contribution >= 0.6 is 0 Å². The Kier molecular flexibility index (Phi) is 8.68. The summed E-state index contributed by atoms with van der Waals surface area (Å²) in [5.41, 5.74) is 3.63. The Morgan fingerprint density at radius 3 is 2.31 bits per heavy atom. The number of carbonyl (C=O) groups excluding carboxylic acids is 2. The van der Waals surface area contributed by atoms with Crippen molar-refractivity contribution in [1.82, 2.24) is 4.90 Å². The summed E-state index contributed by atoms with van der Waals surface area (Å²) in [6.07, 6.45) is 1.69. The molecule has 2 amide bonds. The lowest BCUT2D eigenvalue weighted by molar-refractivity contribution is -0.120. The number of ether oxygens (including phenoxy) is 1. The molecule has 0 aliphatic heterocycles. The van der Waals surface area contributed by atoms with Gasteiger partial charge in [0.1, 0.15) is 5.75 Å². The largest absolute Gasteiger partial charge is 0.495 e. The molecule has 0 saturated carbocycles. The average Bonchev–Trinajstić information content (AvgIpc) is 2.70. The summed E-state index contributed by atoms with van der Waals surface area (Å²) in [4.78, 5) is 27.0. The zero-order chi connectivity index (χ0) is 21.2. The Morgan fingerprint density at radius 1 is 0.966 bits per heavy atom. The number of nitrogens with one attached hydrogen (secondary N) is 2. The third kappa shape index (κ3) is 6.61. The highest BCUT2D eigenvalue weighted by atomic mass is 16.5. The van der Waals surface area contributed by atoms with Crippen molar-refractivity contribution in [3.8, 4) is 5.75 Å². The number of methoxy groups -OCH3 is 1. The van der Waals surface area contributed by atoms with Crippen molar-refractivity contribution in [3.63, 3.8) is 0 Å². The third-order valence-electron chi connectivity index (χ3n) is 4.66. The quantitative estimate of drug-likeness (QED) is 0.639. The molecule has 156 valence electrons. The molecule has 6 heteroatoms. The van der Waals surface area contributed by atoms with Gasteiger partial charge in [0.15, 0.2) is 0 Å². The molecule has 0 heterocycles. The van der Waals surface area contributed by atoms with Gasteiger partial charge in [-0.2, -0.15) is 0 Å². The molecule has 0 bridgehead atoms. The van der Waals surface area contributed by atoms with Crippen molar-refractivity contribution < 1.29 is 14.3 Å². The van der Waals surface area contributed by atoms with Crippen molar-refractivity contribution in [2.45, 2.75) is 33.6 Å². The smallest absolute Gasteiger partial charge is 0.238 e. The number of hydrogen-bond acceptors (Lipinski definition) is 4. The van der Waals surface area contributed by atoms with Crippen molar-refractivity contribution in [1.29, 1.82) is 0 Å². The maximum Gasteiger partial charge on any atom is 0.238 e. The molecule has 0 fully saturated rings. The van der Waals surface area contributed by atoms with E-state index in [2.05, 4.69) is 17.6 Å². The van der Waals surface area contributed by atoms with Gasteiger partial charge in [-0.1, -0.05) is 44.2 Å². The molecular formula is C23H31N3O3. The van der Waals surface area contributed by atoms with Gasteiger partial charge in [-0.3, -0.25) is 14.5 Å². The summed E-state index contributed by atoms with van der Waals surface area (Å²) in [6, 6.07) is 13.3. The Labute approximate surface area is 173 Å². The summed E-state index contributed by atoms with van der Waals surface area (Å²) in [5, 5.41) is 5.89. The van der Waals surface area contributed by atoms with E-state index in [4.69, 9.17) is 4.74 Å². The number of rotatable bonds is 10. The molecule has 0 aliphatic rings. The normalized spacial score (nSPS) is 10.7. The Balaban J connectivity index is 2.00. The van der Waals surface area contributed by atoms with Crippen LogP contribution in [0.4, 0.5) is 11.4 Å². The van der Waals surface area contributed by atoms with Crippen LogP contribution < -0.4 is 15.4 Å². The van der Waals surface area contributed by atoms with E-state index in [1.165, 1.54) is 0 Å². The first kappa shape index (κ1) is 22.4. The third-order valence-corrected chi connectivity index (χ3v) is 4.66. The number of benzene rings is 2. The summed E-state index contributed by atoms with van der Waals surface area (Å²) in [7, 11) is 1.56. The SMILES string of the molecule is CCCN(CC(=O)Nc1ccccc1OC)CC(=O)Nc1c(C)cccc1CC. The first-order valence-corrected chi connectivity index (χ1v) is 10.0. The second-order valence-corrected chi connectivity index (χ2v) is 6.97. The van der Waals surface area contributed by atoms with Crippen molar-refractivity contribution in [2.24, 2.45) is 0 Å². The van der Waals surface area contributed by atoms with Crippen LogP contribution in [-0.2, 0) is 16.0 Å². The van der Waals surface area contributed by atoms with Crippen LogP contribution in [0.5, 0.6) is 5.75 Å². The van der Waals surface area contributed by atoms with E-state index in [-0.39, 0.29) is 24.9 Å². The molecule has 29 heavy (non-hydrogen) atoms. The minimum Gasteiger partial charge on any atom is -0.495 e. The number of aryl methyl sites for hydroxylation is 2. The van der Waals surface area contributed by atoms with E-state index in [1.54, 1.807) is 19.2 Å². The highest BCUT2D eigenvalue weighted by Gasteiger charge is 2.16. The number of carbonyl (C=O) groups is 2. The molecule has 0 unspecified atom stereocenters. The van der Waals surface area contributed by atoms with Crippen molar-refractivity contribution >= 4 is 23.2 Å². The number of amides is 2. The lowest BCUT2D eigenvalue weighted by Crippen LogP contribution is -2.39. The van der Waals surface area contributed by atoms with E-state index in [1.807, 2.05) is 49.1 Å². The fraction of sp³-hybridized carbons (Fsp3) is 0.391. The number of anilines is 2. The summed E-state index contributed by atoms with van der Waals surface area (Å²) in [6.45, 7) is 7.02. The second kappa shape index (κ2) is 11.2. The van der Waals surface area contributed by atoms with Gasteiger partial charge in [0.2, 0.25) is 11.8 Å². The van der Waals surface area contributed by atoms with Crippen LogP contribution in [0.2, 0.25) is 0 Å². The van der Waals surface area contributed by atoms with Gasteiger partial charge in [0.25, 0.3) is 0 Å². The molecule has 0 spiro atoms. The van der Waals surface area contributed by atoms with Gasteiger partial charge in [0.05, 0.1) is 25.9 Å². The lowest BCUT2D eigenvalue weighted by Gasteiger charge is -2.22. The molecule has 2 rings (SSSR count). The molecule has 0 saturated heterocycles. The fourth-order valence-electron chi connectivity index (χ4n) is 3.26. The maximum atomic E-state index is 12.7. The molecule has 0 aromatic heterocycles. The fourth-order valence-corrected chi connectivity index (χ4v) is 3.26. The standard InChI is InChI=1S/C23H31N3O3/c1-5-14-26(15-21(27)24-19-12-7-8-13-20(19)29-4)16-22(28)25-23-17(3)10-9-11-18(23)6-2/h7-13H,5-6,14-16H2,1-4H3,(H,24,27)(H,25,28). The van der Waals surface area contributed by atoms with E-state index >= 15 is 0 Å². The first-order chi connectivity index (χ1) is 14.0. The van der Waals surface area contributed by atoms with E-state index in [0.717, 1.165) is 29.7 Å². The Morgan fingerprint density at radius 2 is 1.66 bits per heavy atom. The predicted molar refractivity (Wildman–Crippen MR) is 118 cm³/mol. The number of nitrogens with zero attached hydrogens (tertiary/aromatic N) is 1. The van der Waals surface area contributed by atoms with Crippen LogP contribution in [0, 0.1) is 6.92 Å². The summed E-state index contributed by atoms with van der Waals surface area (Å²) >= 11 is 0. The molecule has 6 nitrogen and oxygen atoms in total. The number of para-hydroxylation sites is 3.